The summed E-state index contributed by atoms with van der Waals surface area (Å²) in [5, 5.41) is 4.79. The smallest absolute Gasteiger partial charge is 0.0201 e. The normalized spacial score (nSPS) is 34.0. The molecule has 1 N–H and O–H groups in total. The van der Waals surface area contributed by atoms with Crippen LogP contribution < -0.4 is 5.32 Å². The van der Waals surface area contributed by atoms with Crippen LogP contribution in [0.4, 0.5) is 0 Å². The molecule has 0 aromatic carbocycles. The molecule has 3 atom stereocenters. The van der Waals surface area contributed by atoms with Crippen LogP contribution in [0, 0.1) is 5.92 Å². The molecule has 15 heavy (non-hydrogen) atoms. The van der Waals surface area contributed by atoms with Crippen LogP contribution in [-0.2, 0) is 0 Å². The van der Waals surface area contributed by atoms with E-state index in [2.05, 4.69) is 30.9 Å². The Morgan fingerprint density at radius 3 is 2.60 bits per heavy atom. The first-order chi connectivity index (χ1) is 7.31. The van der Waals surface area contributed by atoms with Crippen molar-refractivity contribution in [3.05, 3.63) is 0 Å². The molecule has 2 heteroatoms. The van der Waals surface area contributed by atoms with Crippen LogP contribution in [0.1, 0.15) is 52.4 Å². The lowest BCUT2D eigenvalue weighted by Gasteiger charge is -2.34. The number of hydrogen-bond acceptors (Lipinski definition) is 2. The zero-order valence-corrected chi connectivity index (χ0v) is 11.0. The third kappa shape index (κ3) is 3.39. The molecular formula is C13H25NS. The molecule has 0 spiro atoms. The third-order valence-electron chi connectivity index (χ3n) is 3.89. The maximum absolute atomic E-state index is 3.89. The number of rotatable bonds is 5. The van der Waals surface area contributed by atoms with Gasteiger partial charge in [-0.1, -0.05) is 19.8 Å². The summed E-state index contributed by atoms with van der Waals surface area (Å²) in [6, 6.07) is 1.58. The standard InChI is InChI=1S/C13H25NS/c1-3-15-13-7-5-4-6-12(13)14-10(2)11-8-9-11/h10-14H,3-9H2,1-2H3. The van der Waals surface area contributed by atoms with E-state index >= 15 is 0 Å². The maximum atomic E-state index is 3.89. The van der Waals surface area contributed by atoms with Crippen molar-refractivity contribution in [2.75, 3.05) is 5.75 Å². The Kier molecular flexibility index (Phi) is 4.39. The Morgan fingerprint density at radius 1 is 1.20 bits per heavy atom. The van der Waals surface area contributed by atoms with Gasteiger partial charge in [0.05, 0.1) is 0 Å². The fourth-order valence-corrected chi connectivity index (χ4v) is 3.98. The summed E-state index contributed by atoms with van der Waals surface area (Å²) >= 11 is 2.17. The van der Waals surface area contributed by atoms with E-state index in [4.69, 9.17) is 0 Å². The molecule has 0 aromatic rings. The molecule has 0 saturated heterocycles. The van der Waals surface area contributed by atoms with Gasteiger partial charge >= 0.3 is 0 Å². The highest BCUT2D eigenvalue weighted by Gasteiger charge is 2.32. The Balaban J connectivity index is 1.80. The van der Waals surface area contributed by atoms with Crippen molar-refractivity contribution in [1.29, 1.82) is 0 Å². The molecule has 0 amide bonds. The lowest BCUT2D eigenvalue weighted by molar-refractivity contribution is 0.338. The minimum Gasteiger partial charge on any atom is -0.310 e. The molecular weight excluding hydrogens is 202 g/mol. The molecule has 2 aliphatic carbocycles. The van der Waals surface area contributed by atoms with Crippen LogP contribution in [0.5, 0.6) is 0 Å². The van der Waals surface area contributed by atoms with Crippen molar-refractivity contribution in [1.82, 2.24) is 5.32 Å². The average molecular weight is 227 g/mol. The van der Waals surface area contributed by atoms with Gasteiger partial charge in [0.25, 0.3) is 0 Å². The molecule has 2 rings (SSSR count). The molecule has 0 radical (unpaired) electrons. The second-order valence-corrected chi connectivity index (χ2v) is 6.69. The zero-order valence-electron chi connectivity index (χ0n) is 10.2. The third-order valence-corrected chi connectivity index (χ3v) is 5.22. The minimum atomic E-state index is 0.771. The zero-order chi connectivity index (χ0) is 10.7. The van der Waals surface area contributed by atoms with Gasteiger partial charge in [-0.2, -0.15) is 11.8 Å². The molecule has 2 fully saturated rings. The van der Waals surface area contributed by atoms with Crippen LogP contribution in [0.2, 0.25) is 0 Å². The van der Waals surface area contributed by atoms with E-state index in [1.807, 2.05) is 0 Å². The monoisotopic (exact) mass is 227 g/mol. The largest absolute Gasteiger partial charge is 0.310 e. The summed E-state index contributed by atoms with van der Waals surface area (Å²) in [7, 11) is 0. The molecule has 3 unspecified atom stereocenters. The topological polar surface area (TPSA) is 12.0 Å². The van der Waals surface area contributed by atoms with Gasteiger partial charge in [-0.25, -0.2) is 0 Å². The number of hydrogen-bond donors (Lipinski definition) is 1. The van der Waals surface area contributed by atoms with Crippen LogP contribution >= 0.6 is 11.8 Å². The van der Waals surface area contributed by atoms with Gasteiger partial charge in [0.15, 0.2) is 0 Å². The van der Waals surface area contributed by atoms with E-state index in [1.165, 1.54) is 44.3 Å². The first-order valence-corrected chi connectivity index (χ1v) is 7.73. The highest BCUT2D eigenvalue weighted by Crippen LogP contribution is 2.35. The summed E-state index contributed by atoms with van der Waals surface area (Å²) in [6.45, 7) is 4.68. The van der Waals surface area contributed by atoms with Gasteiger partial charge in [0.2, 0.25) is 0 Å². The van der Waals surface area contributed by atoms with Gasteiger partial charge in [0.1, 0.15) is 0 Å². The fraction of sp³-hybridized carbons (Fsp3) is 1.00. The average Bonchev–Trinajstić information content (AvgIpc) is 3.04. The molecule has 2 aliphatic rings. The Labute approximate surface area is 98.8 Å². The SMILES string of the molecule is CCSC1CCCCC1NC(C)C1CC1. The molecule has 2 saturated carbocycles. The molecule has 1 nitrogen and oxygen atoms in total. The second-order valence-electron chi connectivity index (χ2n) is 5.18. The Hall–Kier alpha value is 0.310. The van der Waals surface area contributed by atoms with E-state index in [0.29, 0.717) is 0 Å². The predicted octanol–water partition coefficient (Wildman–Crippen LogP) is 3.44. The molecule has 0 heterocycles. The predicted molar refractivity (Wildman–Crippen MR) is 69.5 cm³/mol. The van der Waals surface area contributed by atoms with Crippen molar-refractivity contribution in [2.45, 2.75) is 69.7 Å². The first kappa shape index (κ1) is 11.8. The maximum Gasteiger partial charge on any atom is 0.0201 e. The van der Waals surface area contributed by atoms with E-state index in [0.717, 1.165) is 23.3 Å². The van der Waals surface area contributed by atoms with Gasteiger partial charge < -0.3 is 5.32 Å². The quantitative estimate of drug-likeness (QED) is 0.772. The van der Waals surface area contributed by atoms with Crippen LogP contribution in [0.15, 0.2) is 0 Å². The van der Waals surface area contributed by atoms with Gasteiger partial charge in [-0.3, -0.25) is 0 Å². The lowest BCUT2D eigenvalue weighted by atomic mass is 9.94. The number of nitrogens with one attached hydrogen (secondary N) is 1. The molecule has 0 aliphatic heterocycles. The molecule has 0 aromatic heterocycles. The summed E-state index contributed by atoms with van der Waals surface area (Å²) < 4.78 is 0. The van der Waals surface area contributed by atoms with Crippen molar-refractivity contribution in [2.24, 2.45) is 5.92 Å². The summed E-state index contributed by atoms with van der Waals surface area (Å²) in [5.41, 5.74) is 0. The summed E-state index contributed by atoms with van der Waals surface area (Å²) in [5.74, 6) is 2.28. The van der Waals surface area contributed by atoms with Crippen molar-refractivity contribution < 1.29 is 0 Å². The van der Waals surface area contributed by atoms with Crippen LogP contribution in [-0.4, -0.2) is 23.1 Å². The van der Waals surface area contributed by atoms with E-state index in [-0.39, 0.29) is 0 Å². The molecule has 0 bridgehead atoms. The molecule has 88 valence electrons. The van der Waals surface area contributed by atoms with Gasteiger partial charge in [-0.05, 0) is 44.3 Å². The van der Waals surface area contributed by atoms with Gasteiger partial charge in [0, 0.05) is 17.3 Å². The van der Waals surface area contributed by atoms with Crippen molar-refractivity contribution in [3.63, 3.8) is 0 Å². The van der Waals surface area contributed by atoms with E-state index < -0.39 is 0 Å². The van der Waals surface area contributed by atoms with Crippen molar-refractivity contribution >= 4 is 11.8 Å². The minimum absolute atomic E-state index is 0.771. The van der Waals surface area contributed by atoms with E-state index in [9.17, 15) is 0 Å². The number of thioether (sulfide) groups is 1. The second kappa shape index (κ2) is 5.58. The highest BCUT2D eigenvalue weighted by molar-refractivity contribution is 7.99. The van der Waals surface area contributed by atoms with E-state index in [1.54, 1.807) is 0 Å². The highest BCUT2D eigenvalue weighted by atomic mass is 32.2. The summed E-state index contributed by atoms with van der Waals surface area (Å²) in [6.07, 6.45) is 8.67. The van der Waals surface area contributed by atoms with Gasteiger partial charge in [-0.15, -0.1) is 0 Å². The first-order valence-electron chi connectivity index (χ1n) is 6.69. The Bertz CT molecular complexity index is 189. The van der Waals surface area contributed by atoms with Crippen molar-refractivity contribution in [3.8, 4) is 0 Å². The Morgan fingerprint density at radius 2 is 1.93 bits per heavy atom. The summed E-state index contributed by atoms with van der Waals surface area (Å²) in [4.78, 5) is 0. The van der Waals surface area contributed by atoms with Crippen LogP contribution in [0.3, 0.4) is 0 Å². The fourth-order valence-electron chi connectivity index (χ4n) is 2.77. The lowest BCUT2D eigenvalue weighted by Crippen LogP contribution is -2.45. The van der Waals surface area contributed by atoms with Crippen LogP contribution in [0.25, 0.3) is 0 Å².